The number of benzene rings is 2. The molecule has 2 N–H and O–H groups in total. The molecule has 1 aromatic heterocycles. The summed E-state index contributed by atoms with van der Waals surface area (Å²) >= 11 is 7.27. The number of thiazole rings is 1. The summed E-state index contributed by atoms with van der Waals surface area (Å²) in [6, 6.07) is 5.12. The molecule has 1 aliphatic rings. The van der Waals surface area contributed by atoms with Gasteiger partial charge in [0.25, 0.3) is 5.91 Å². The Labute approximate surface area is 251 Å². The zero-order chi connectivity index (χ0) is 30.4. The standard InChI is InChI=1S/C28H35ClF3N5O4S/c1-35-4-6-36(7-5-35)16-18-12-20(28(30,31)32)14-23-24(18)33-27(42-23)34-26(39)22-15-21(29)13-19(25(22)38)17-37(8-10-40-2)9-11-41-3/h12-15,38H,4-11,16-17H2,1-3H3,(H,33,34,39). The lowest BCUT2D eigenvalue weighted by atomic mass is 10.1. The number of piperazine rings is 1. The van der Waals surface area contributed by atoms with Crippen molar-refractivity contribution in [2.24, 2.45) is 0 Å². The number of ether oxygens (including phenoxy) is 2. The predicted octanol–water partition coefficient (Wildman–Crippen LogP) is 4.77. The first-order valence-electron chi connectivity index (χ1n) is 13.4. The van der Waals surface area contributed by atoms with Crippen LogP contribution in [0.15, 0.2) is 24.3 Å². The molecular formula is C28H35ClF3N5O4S. The van der Waals surface area contributed by atoms with Crippen LogP contribution < -0.4 is 5.32 Å². The highest BCUT2D eigenvalue weighted by atomic mass is 35.5. The van der Waals surface area contributed by atoms with Crippen molar-refractivity contribution >= 4 is 44.2 Å². The summed E-state index contributed by atoms with van der Waals surface area (Å²) in [7, 11) is 5.19. The van der Waals surface area contributed by atoms with Crippen molar-refractivity contribution in [3.8, 4) is 5.75 Å². The maximum absolute atomic E-state index is 13.7. The van der Waals surface area contributed by atoms with E-state index in [-0.39, 0.29) is 28.0 Å². The summed E-state index contributed by atoms with van der Waals surface area (Å²) in [5, 5.41) is 14.0. The van der Waals surface area contributed by atoms with E-state index in [0.717, 1.165) is 49.6 Å². The second kappa shape index (κ2) is 14.3. The first kappa shape index (κ1) is 32.4. The number of anilines is 1. The number of methoxy groups -OCH3 is 2. The number of likely N-dealkylation sites (N-methyl/N-ethyl adjacent to an activating group) is 1. The van der Waals surface area contributed by atoms with Crippen LogP contribution in [0, 0.1) is 0 Å². The Morgan fingerprint density at radius 1 is 1.10 bits per heavy atom. The summed E-state index contributed by atoms with van der Waals surface area (Å²) in [5.74, 6) is -0.916. The quantitative estimate of drug-likeness (QED) is 0.296. The van der Waals surface area contributed by atoms with Crippen LogP contribution in [0.2, 0.25) is 5.02 Å². The normalized spacial score (nSPS) is 15.1. The Bertz CT molecular complexity index is 1370. The average molecular weight is 630 g/mol. The molecule has 42 heavy (non-hydrogen) atoms. The molecule has 9 nitrogen and oxygen atoms in total. The zero-order valence-corrected chi connectivity index (χ0v) is 25.3. The lowest BCUT2D eigenvalue weighted by Crippen LogP contribution is -2.43. The van der Waals surface area contributed by atoms with Gasteiger partial charge in [0.05, 0.1) is 34.6 Å². The number of aromatic hydroxyl groups is 1. The summed E-state index contributed by atoms with van der Waals surface area (Å²) in [4.78, 5) is 24.1. The van der Waals surface area contributed by atoms with Crippen molar-refractivity contribution in [1.29, 1.82) is 0 Å². The van der Waals surface area contributed by atoms with Crippen LogP contribution in [-0.2, 0) is 28.7 Å². The average Bonchev–Trinajstić information content (AvgIpc) is 3.35. The predicted molar refractivity (Wildman–Crippen MR) is 157 cm³/mol. The van der Waals surface area contributed by atoms with E-state index in [1.54, 1.807) is 20.3 Å². The van der Waals surface area contributed by atoms with Crippen molar-refractivity contribution < 1.29 is 32.5 Å². The number of aromatic nitrogens is 1. The van der Waals surface area contributed by atoms with E-state index in [2.05, 4.69) is 20.1 Å². The Balaban J connectivity index is 1.60. The molecule has 0 saturated carbocycles. The van der Waals surface area contributed by atoms with E-state index >= 15 is 0 Å². The summed E-state index contributed by atoms with van der Waals surface area (Å²) < 4.78 is 51.9. The lowest BCUT2D eigenvalue weighted by molar-refractivity contribution is -0.137. The number of rotatable bonds is 12. The van der Waals surface area contributed by atoms with Gasteiger partial charge in [-0.1, -0.05) is 22.9 Å². The number of halogens is 4. The molecule has 3 aromatic rings. The fourth-order valence-electron chi connectivity index (χ4n) is 4.75. The Kier molecular flexibility index (Phi) is 11.0. The number of carbonyl (C=O) groups excluding carboxylic acids is 1. The minimum absolute atomic E-state index is 0.0659. The van der Waals surface area contributed by atoms with Crippen LogP contribution in [0.5, 0.6) is 5.75 Å². The number of alkyl halides is 3. The number of phenols is 1. The van der Waals surface area contributed by atoms with E-state index in [1.165, 1.54) is 6.07 Å². The third kappa shape index (κ3) is 8.31. The van der Waals surface area contributed by atoms with Gasteiger partial charge >= 0.3 is 6.18 Å². The molecule has 14 heteroatoms. The monoisotopic (exact) mass is 629 g/mol. The number of carbonyl (C=O) groups is 1. The lowest BCUT2D eigenvalue weighted by Gasteiger charge is -2.32. The maximum atomic E-state index is 13.7. The van der Waals surface area contributed by atoms with Gasteiger partial charge < -0.3 is 19.5 Å². The second-order valence-corrected chi connectivity index (χ2v) is 11.7. The van der Waals surface area contributed by atoms with E-state index in [4.69, 9.17) is 21.1 Å². The summed E-state index contributed by atoms with van der Waals surface area (Å²) in [6.45, 7) is 5.75. The minimum atomic E-state index is -4.53. The highest BCUT2D eigenvalue weighted by molar-refractivity contribution is 7.22. The molecule has 0 aliphatic carbocycles. The molecular weight excluding hydrogens is 595 g/mol. The number of nitrogens with zero attached hydrogens (tertiary/aromatic N) is 4. The highest BCUT2D eigenvalue weighted by Crippen LogP contribution is 2.37. The van der Waals surface area contributed by atoms with Gasteiger partial charge in [-0.25, -0.2) is 4.98 Å². The molecule has 0 unspecified atom stereocenters. The van der Waals surface area contributed by atoms with E-state index < -0.39 is 17.6 Å². The maximum Gasteiger partial charge on any atom is 0.416 e. The van der Waals surface area contributed by atoms with E-state index in [9.17, 15) is 23.1 Å². The molecule has 4 rings (SSSR count). The molecule has 1 fully saturated rings. The molecule has 1 aliphatic heterocycles. The van der Waals surface area contributed by atoms with E-state index in [1.807, 2.05) is 11.9 Å². The van der Waals surface area contributed by atoms with Gasteiger partial charge in [-0.3, -0.25) is 19.9 Å². The van der Waals surface area contributed by atoms with Gasteiger partial charge in [-0.05, 0) is 36.9 Å². The Hall–Kier alpha value is -2.52. The molecule has 2 aromatic carbocycles. The Morgan fingerprint density at radius 2 is 1.76 bits per heavy atom. The van der Waals surface area contributed by atoms with Crippen LogP contribution in [0.25, 0.3) is 10.2 Å². The third-order valence-electron chi connectivity index (χ3n) is 7.13. The number of phenolic OH excluding ortho intramolecular Hbond substituents is 1. The van der Waals surface area contributed by atoms with Crippen molar-refractivity contribution in [2.45, 2.75) is 19.3 Å². The van der Waals surface area contributed by atoms with Crippen molar-refractivity contribution in [3.63, 3.8) is 0 Å². The fraction of sp³-hybridized carbons (Fsp3) is 0.500. The van der Waals surface area contributed by atoms with E-state index in [0.29, 0.717) is 54.2 Å². The summed E-state index contributed by atoms with van der Waals surface area (Å²) in [5.41, 5.74) is 0.466. The fourth-order valence-corrected chi connectivity index (χ4v) is 5.94. The first-order valence-corrected chi connectivity index (χ1v) is 14.6. The topological polar surface area (TPSA) is 90.4 Å². The van der Waals surface area contributed by atoms with Gasteiger partial charge in [0.1, 0.15) is 5.75 Å². The highest BCUT2D eigenvalue weighted by Gasteiger charge is 2.32. The van der Waals surface area contributed by atoms with Gasteiger partial charge in [0.15, 0.2) is 5.13 Å². The molecule has 0 radical (unpaired) electrons. The van der Waals surface area contributed by atoms with Crippen LogP contribution >= 0.6 is 22.9 Å². The number of nitrogens with one attached hydrogen (secondary N) is 1. The van der Waals surface area contributed by atoms with Gasteiger partial charge in [-0.15, -0.1) is 0 Å². The van der Waals surface area contributed by atoms with Gasteiger partial charge in [0, 0.05) is 77.2 Å². The number of fused-ring (bicyclic) bond motifs is 1. The first-order chi connectivity index (χ1) is 20.0. The number of hydrogen-bond acceptors (Lipinski definition) is 9. The molecule has 0 bridgehead atoms. The van der Waals surface area contributed by atoms with Crippen LogP contribution in [0.4, 0.5) is 18.3 Å². The smallest absolute Gasteiger partial charge is 0.416 e. The number of amides is 1. The second-order valence-electron chi connectivity index (χ2n) is 10.3. The van der Waals surface area contributed by atoms with Crippen molar-refractivity contribution in [3.05, 3.63) is 51.5 Å². The molecule has 2 heterocycles. The van der Waals surface area contributed by atoms with Gasteiger partial charge in [-0.2, -0.15) is 13.2 Å². The largest absolute Gasteiger partial charge is 0.507 e. The third-order valence-corrected chi connectivity index (χ3v) is 8.26. The SMILES string of the molecule is COCCN(CCOC)Cc1cc(Cl)cc(C(=O)Nc2nc3c(CN4CCN(C)CC4)cc(C(F)(F)F)cc3s2)c1O. The number of hydrogen-bond donors (Lipinski definition) is 2. The molecule has 1 saturated heterocycles. The van der Waals surface area contributed by atoms with Gasteiger partial charge in [0.2, 0.25) is 0 Å². The van der Waals surface area contributed by atoms with Crippen LogP contribution in [0.1, 0.15) is 27.0 Å². The van der Waals surface area contributed by atoms with Crippen LogP contribution in [0.3, 0.4) is 0 Å². The molecule has 1 amide bonds. The minimum Gasteiger partial charge on any atom is -0.507 e. The Morgan fingerprint density at radius 3 is 2.38 bits per heavy atom. The molecule has 0 atom stereocenters. The molecule has 0 spiro atoms. The molecule has 230 valence electrons. The van der Waals surface area contributed by atoms with Crippen molar-refractivity contribution in [1.82, 2.24) is 19.7 Å². The summed E-state index contributed by atoms with van der Waals surface area (Å²) in [6.07, 6.45) is -4.53. The van der Waals surface area contributed by atoms with Crippen LogP contribution in [-0.4, -0.2) is 104 Å². The zero-order valence-electron chi connectivity index (χ0n) is 23.8. The van der Waals surface area contributed by atoms with Crippen molar-refractivity contribution in [2.75, 3.05) is 79.1 Å².